The molecular weight excluding hydrogens is 252 g/mol. The zero-order chi connectivity index (χ0) is 12.1. The lowest BCUT2D eigenvalue weighted by atomic mass is 10.1. The molecule has 2 rings (SSSR count). The molecule has 88 valence electrons. The van der Waals surface area contributed by atoms with Crippen molar-refractivity contribution in [3.8, 4) is 0 Å². The lowest BCUT2D eigenvalue weighted by molar-refractivity contribution is 0.940. The number of hydrogen-bond donors (Lipinski definition) is 1. The van der Waals surface area contributed by atoms with Gasteiger partial charge in [-0.25, -0.2) is 0 Å². The van der Waals surface area contributed by atoms with Crippen molar-refractivity contribution in [2.75, 3.05) is 6.54 Å². The fourth-order valence-electron chi connectivity index (χ4n) is 1.54. The molecule has 4 heteroatoms. The number of benzene rings is 1. The van der Waals surface area contributed by atoms with Crippen LogP contribution in [0.1, 0.15) is 10.8 Å². The van der Waals surface area contributed by atoms with Crippen LogP contribution < -0.4 is 5.73 Å². The van der Waals surface area contributed by atoms with Crippen LogP contribution in [0.3, 0.4) is 0 Å². The largest absolute Gasteiger partial charge is 0.329 e. The molecular formula is C13H13ClN2S. The molecule has 0 radical (unpaired) electrons. The first-order valence-corrected chi connectivity index (χ1v) is 6.57. The van der Waals surface area contributed by atoms with Crippen molar-refractivity contribution in [2.45, 2.75) is 10.1 Å². The molecule has 1 aromatic heterocycles. The smallest absolute Gasteiger partial charge is 0.0467 e. The van der Waals surface area contributed by atoms with Gasteiger partial charge in [0.1, 0.15) is 0 Å². The van der Waals surface area contributed by atoms with E-state index in [-0.39, 0.29) is 5.25 Å². The van der Waals surface area contributed by atoms with E-state index in [4.69, 9.17) is 17.3 Å². The first-order valence-electron chi connectivity index (χ1n) is 5.32. The van der Waals surface area contributed by atoms with Gasteiger partial charge in [0.25, 0.3) is 0 Å². The van der Waals surface area contributed by atoms with Gasteiger partial charge in [-0.1, -0.05) is 23.7 Å². The Morgan fingerprint density at radius 2 is 2.00 bits per heavy atom. The van der Waals surface area contributed by atoms with E-state index < -0.39 is 0 Å². The normalized spacial score (nSPS) is 12.4. The molecule has 2 nitrogen and oxygen atoms in total. The number of rotatable bonds is 4. The van der Waals surface area contributed by atoms with E-state index in [1.807, 2.05) is 30.3 Å². The highest BCUT2D eigenvalue weighted by molar-refractivity contribution is 7.99. The Bertz CT molecular complexity index is 476. The van der Waals surface area contributed by atoms with Gasteiger partial charge in [-0.2, -0.15) is 0 Å². The van der Waals surface area contributed by atoms with Crippen molar-refractivity contribution in [1.82, 2.24) is 4.98 Å². The van der Waals surface area contributed by atoms with Crippen molar-refractivity contribution in [1.29, 1.82) is 0 Å². The summed E-state index contributed by atoms with van der Waals surface area (Å²) >= 11 is 7.72. The van der Waals surface area contributed by atoms with Gasteiger partial charge >= 0.3 is 0 Å². The molecule has 0 aliphatic rings. The molecule has 2 N–H and O–H groups in total. The zero-order valence-electron chi connectivity index (χ0n) is 9.21. The molecule has 0 fully saturated rings. The predicted molar refractivity (Wildman–Crippen MR) is 73.3 cm³/mol. The number of pyridine rings is 1. The quantitative estimate of drug-likeness (QED) is 0.859. The molecule has 1 aromatic carbocycles. The fourth-order valence-corrected chi connectivity index (χ4v) is 2.73. The summed E-state index contributed by atoms with van der Waals surface area (Å²) in [5, 5.41) is 0.965. The van der Waals surface area contributed by atoms with Crippen molar-refractivity contribution in [3.05, 3.63) is 59.4 Å². The van der Waals surface area contributed by atoms with Gasteiger partial charge in [-0.05, 0) is 29.8 Å². The molecule has 0 amide bonds. The van der Waals surface area contributed by atoms with Gasteiger partial charge in [-0.15, -0.1) is 11.8 Å². The predicted octanol–water partition coefficient (Wildman–Crippen LogP) is 3.53. The average molecular weight is 265 g/mol. The molecule has 2 aromatic rings. The Morgan fingerprint density at radius 1 is 1.24 bits per heavy atom. The summed E-state index contributed by atoms with van der Waals surface area (Å²) in [6.45, 7) is 0.577. The highest BCUT2D eigenvalue weighted by atomic mass is 35.5. The second kappa shape index (κ2) is 6.05. The van der Waals surface area contributed by atoms with E-state index in [1.165, 1.54) is 0 Å². The Kier molecular flexibility index (Phi) is 4.42. The summed E-state index contributed by atoms with van der Waals surface area (Å²) < 4.78 is 0. The first kappa shape index (κ1) is 12.4. The van der Waals surface area contributed by atoms with E-state index >= 15 is 0 Å². The number of hydrogen-bond acceptors (Lipinski definition) is 3. The van der Waals surface area contributed by atoms with Crippen LogP contribution in [0.15, 0.2) is 53.7 Å². The lowest BCUT2D eigenvalue weighted by Crippen LogP contribution is -2.09. The summed E-state index contributed by atoms with van der Waals surface area (Å²) in [5.74, 6) is 0. The van der Waals surface area contributed by atoms with Crippen molar-refractivity contribution >= 4 is 23.4 Å². The first-order chi connectivity index (χ1) is 8.29. The second-order valence-electron chi connectivity index (χ2n) is 3.58. The van der Waals surface area contributed by atoms with E-state index in [0.717, 1.165) is 15.5 Å². The highest BCUT2D eigenvalue weighted by Crippen LogP contribution is 2.34. The second-order valence-corrected chi connectivity index (χ2v) is 5.29. The SMILES string of the molecule is NCC(Sc1ccncc1)c1cccc(Cl)c1. The molecule has 1 atom stereocenters. The zero-order valence-corrected chi connectivity index (χ0v) is 10.8. The van der Waals surface area contributed by atoms with Gasteiger partial charge in [0.2, 0.25) is 0 Å². The molecule has 1 unspecified atom stereocenters. The molecule has 0 saturated carbocycles. The average Bonchev–Trinajstić information content (AvgIpc) is 2.37. The molecule has 1 heterocycles. The van der Waals surface area contributed by atoms with E-state index in [2.05, 4.69) is 11.1 Å². The lowest BCUT2D eigenvalue weighted by Gasteiger charge is -2.14. The van der Waals surface area contributed by atoms with Crippen molar-refractivity contribution in [3.63, 3.8) is 0 Å². The maximum absolute atomic E-state index is 5.99. The maximum atomic E-state index is 5.99. The van der Waals surface area contributed by atoms with Crippen LogP contribution in [0, 0.1) is 0 Å². The van der Waals surface area contributed by atoms with Gasteiger partial charge in [0.15, 0.2) is 0 Å². The minimum absolute atomic E-state index is 0.219. The van der Waals surface area contributed by atoms with E-state index in [0.29, 0.717) is 6.54 Å². The number of aromatic nitrogens is 1. The summed E-state index contributed by atoms with van der Waals surface area (Å²) in [7, 11) is 0. The van der Waals surface area contributed by atoms with Crippen molar-refractivity contribution in [2.24, 2.45) is 5.73 Å². The fraction of sp³-hybridized carbons (Fsp3) is 0.154. The Morgan fingerprint density at radius 3 is 2.65 bits per heavy atom. The Balaban J connectivity index is 2.17. The third kappa shape index (κ3) is 3.46. The van der Waals surface area contributed by atoms with Crippen LogP contribution in [0.25, 0.3) is 0 Å². The van der Waals surface area contributed by atoms with Gasteiger partial charge in [0, 0.05) is 34.1 Å². The van der Waals surface area contributed by atoms with Crippen molar-refractivity contribution < 1.29 is 0 Å². The maximum Gasteiger partial charge on any atom is 0.0467 e. The Hall–Kier alpha value is -1.03. The minimum Gasteiger partial charge on any atom is -0.329 e. The van der Waals surface area contributed by atoms with Crippen LogP contribution in [0.4, 0.5) is 0 Å². The summed E-state index contributed by atoms with van der Waals surface area (Å²) in [6.07, 6.45) is 3.57. The van der Waals surface area contributed by atoms with Gasteiger partial charge in [-0.3, -0.25) is 4.98 Å². The summed E-state index contributed by atoms with van der Waals surface area (Å²) in [5.41, 5.74) is 6.98. The number of nitrogens with zero attached hydrogens (tertiary/aromatic N) is 1. The van der Waals surface area contributed by atoms with Crippen LogP contribution in [0.2, 0.25) is 5.02 Å². The van der Waals surface area contributed by atoms with Gasteiger partial charge < -0.3 is 5.73 Å². The highest BCUT2D eigenvalue weighted by Gasteiger charge is 2.11. The van der Waals surface area contributed by atoms with Crippen LogP contribution in [0.5, 0.6) is 0 Å². The topological polar surface area (TPSA) is 38.9 Å². The molecule has 0 aliphatic heterocycles. The van der Waals surface area contributed by atoms with Gasteiger partial charge in [0.05, 0.1) is 0 Å². The summed E-state index contributed by atoms with van der Waals surface area (Å²) in [4.78, 5) is 5.16. The molecule has 17 heavy (non-hydrogen) atoms. The van der Waals surface area contributed by atoms with Crippen LogP contribution >= 0.6 is 23.4 Å². The standard InChI is InChI=1S/C13H13ClN2S/c14-11-3-1-2-10(8-11)13(9-15)17-12-4-6-16-7-5-12/h1-8,13H,9,15H2. The van der Waals surface area contributed by atoms with E-state index in [1.54, 1.807) is 24.2 Å². The van der Waals surface area contributed by atoms with Crippen LogP contribution in [-0.4, -0.2) is 11.5 Å². The number of thioether (sulfide) groups is 1. The number of halogens is 1. The molecule has 0 saturated heterocycles. The summed E-state index contributed by atoms with van der Waals surface area (Å²) in [6, 6.07) is 11.8. The molecule has 0 spiro atoms. The molecule has 0 bridgehead atoms. The number of nitrogens with two attached hydrogens (primary N) is 1. The molecule has 0 aliphatic carbocycles. The third-order valence-corrected chi connectivity index (χ3v) is 3.89. The minimum atomic E-state index is 0.219. The van der Waals surface area contributed by atoms with E-state index in [9.17, 15) is 0 Å². The van der Waals surface area contributed by atoms with Crippen LogP contribution in [-0.2, 0) is 0 Å². The monoisotopic (exact) mass is 264 g/mol. The Labute approximate surface area is 110 Å². The third-order valence-electron chi connectivity index (χ3n) is 2.36.